The number of anilines is 1. The van der Waals surface area contributed by atoms with Crippen LogP contribution in [-0.4, -0.2) is 24.2 Å². The van der Waals surface area contributed by atoms with Crippen LogP contribution in [-0.2, 0) is 4.79 Å². The van der Waals surface area contributed by atoms with E-state index in [9.17, 15) is 4.79 Å². The first-order valence-corrected chi connectivity index (χ1v) is 6.86. The Morgan fingerprint density at radius 1 is 1.47 bits per heavy atom. The van der Waals surface area contributed by atoms with Gasteiger partial charge < -0.3 is 10.0 Å². The second-order valence-corrected chi connectivity index (χ2v) is 5.20. The summed E-state index contributed by atoms with van der Waals surface area (Å²) in [7, 11) is 0. The molecule has 0 heterocycles. The number of hydrogen-bond donors (Lipinski definition) is 1. The molecule has 0 radical (unpaired) electrons. The highest BCUT2D eigenvalue weighted by molar-refractivity contribution is 5.85. The van der Waals surface area contributed by atoms with E-state index in [4.69, 9.17) is 5.11 Å². The molecule has 1 aliphatic rings. The quantitative estimate of drug-likeness (QED) is 0.797. The third-order valence-electron chi connectivity index (χ3n) is 3.54. The molecule has 0 saturated heterocycles. The number of carbonyl (C=O) groups is 1. The number of nitrogens with zero attached hydrogens (tertiary/aromatic N) is 1. The molecule has 1 aromatic rings. The summed E-state index contributed by atoms with van der Waals surface area (Å²) in [4.78, 5) is 12.9. The topological polar surface area (TPSA) is 40.5 Å². The zero-order valence-corrected chi connectivity index (χ0v) is 11.6. The molecule has 0 atom stereocenters. The third-order valence-corrected chi connectivity index (χ3v) is 3.54. The average Bonchev–Trinajstić information content (AvgIpc) is 3.18. The maximum Gasteiger partial charge on any atom is 0.328 e. The predicted octanol–water partition coefficient (Wildman–Crippen LogP) is 3.33. The van der Waals surface area contributed by atoms with E-state index in [1.807, 2.05) is 12.1 Å². The Balaban J connectivity index is 2.14. The highest BCUT2D eigenvalue weighted by Gasteiger charge is 2.24. The molecule has 0 bridgehead atoms. The van der Waals surface area contributed by atoms with Crippen molar-refractivity contribution in [2.75, 3.05) is 18.0 Å². The number of carboxylic acids is 1. The first kappa shape index (κ1) is 13.7. The summed E-state index contributed by atoms with van der Waals surface area (Å²) in [5.74, 6) is -0.0448. The van der Waals surface area contributed by atoms with Crippen molar-refractivity contribution in [2.24, 2.45) is 5.92 Å². The lowest BCUT2D eigenvalue weighted by Gasteiger charge is -2.25. The van der Waals surface area contributed by atoms with E-state index in [-0.39, 0.29) is 0 Å². The van der Waals surface area contributed by atoms with Gasteiger partial charge in [-0.3, -0.25) is 0 Å². The van der Waals surface area contributed by atoms with Crippen molar-refractivity contribution in [3.8, 4) is 0 Å². The number of benzene rings is 1. The molecule has 3 nitrogen and oxygen atoms in total. The van der Waals surface area contributed by atoms with Gasteiger partial charge in [0, 0.05) is 24.9 Å². The Morgan fingerprint density at radius 2 is 2.21 bits per heavy atom. The summed E-state index contributed by atoms with van der Waals surface area (Å²) in [5, 5.41) is 8.64. The van der Waals surface area contributed by atoms with E-state index in [1.165, 1.54) is 30.2 Å². The molecule has 2 rings (SSSR count). The monoisotopic (exact) mass is 259 g/mol. The van der Waals surface area contributed by atoms with E-state index in [0.29, 0.717) is 0 Å². The Hall–Kier alpha value is -1.77. The van der Waals surface area contributed by atoms with Crippen LogP contribution in [0.25, 0.3) is 6.08 Å². The molecule has 3 heteroatoms. The summed E-state index contributed by atoms with van der Waals surface area (Å²) in [6.45, 7) is 6.42. The maximum atomic E-state index is 10.5. The molecular formula is C16H21NO2. The van der Waals surface area contributed by atoms with E-state index < -0.39 is 5.97 Å². The van der Waals surface area contributed by atoms with Gasteiger partial charge in [-0.1, -0.05) is 6.07 Å². The van der Waals surface area contributed by atoms with Crippen LogP contribution in [0.3, 0.4) is 0 Å². The zero-order chi connectivity index (χ0) is 13.8. The van der Waals surface area contributed by atoms with Crippen molar-refractivity contribution in [3.63, 3.8) is 0 Å². The minimum atomic E-state index is -0.911. The van der Waals surface area contributed by atoms with Crippen LogP contribution in [0.1, 0.15) is 30.9 Å². The molecule has 0 aliphatic heterocycles. The number of aryl methyl sites for hydroxylation is 1. The van der Waals surface area contributed by atoms with Crippen LogP contribution < -0.4 is 4.90 Å². The molecule has 0 amide bonds. The fourth-order valence-corrected chi connectivity index (χ4v) is 2.31. The summed E-state index contributed by atoms with van der Waals surface area (Å²) in [6.07, 6.45) is 5.52. The minimum absolute atomic E-state index is 0.867. The van der Waals surface area contributed by atoms with Crippen molar-refractivity contribution in [3.05, 3.63) is 35.4 Å². The van der Waals surface area contributed by atoms with Gasteiger partial charge in [0.2, 0.25) is 0 Å². The Labute approximate surface area is 114 Å². The first-order chi connectivity index (χ1) is 9.10. The largest absolute Gasteiger partial charge is 0.478 e. The summed E-state index contributed by atoms with van der Waals surface area (Å²) in [5.41, 5.74) is 3.41. The molecule has 1 aromatic carbocycles. The van der Waals surface area contributed by atoms with Gasteiger partial charge in [0.15, 0.2) is 0 Å². The summed E-state index contributed by atoms with van der Waals surface area (Å²) >= 11 is 0. The van der Waals surface area contributed by atoms with Gasteiger partial charge in [0.25, 0.3) is 0 Å². The van der Waals surface area contributed by atoms with Gasteiger partial charge in [-0.05, 0) is 61.9 Å². The van der Waals surface area contributed by atoms with Crippen molar-refractivity contribution in [1.29, 1.82) is 0 Å². The molecule has 0 aromatic heterocycles. The highest BCUT2D eigenvalue weighted by atomic mass is 16.4. The third kappa shape index (κ3) is 3.85. The van der Waals surface area contributed by atoms with E-state index in [2.05, 4.69) is 24.8 Å². The Morgan fingerprint density at radius 3 is 2.74 bits per heavy atom. The number of hydrogen-bond acceptors (Lipinski definition) is 2. The van der Waals surface area contributed by atoms with Crippen LogP contribution in [0.2, 0.25) is 0 Å². The lowest BCUT2D eigenvalue weighted by atomic mass is 10.1. The standard InChI is InChI=1S/C16H21NO2/c1-3-17(11-14-4-5-14)15-8-6-13(10-12(15)2)7-9-16(18)19/h6-10,14H,3-5,11H2,1-2H3,(H,18,19). The lowest BCUT2D eigenvalue weighted by molar-refractivity contribution is -0.131. The van der Waals surface area contributed by atoms with Crippen LogP contribution in [0.15, 0.2) is 24.3 Å². The SMILES string of the molecule is CCN(CC1CC1)c1ccc(C=CC(=O)O)cc1C. The number of carboxylic acid groups (broad SMARTS) is 1. The second kappa shape index (κ2) is 5.91. The van der Waals surface area contributed by atoms with Crippen LogP contribution >= 0.6 is 0 Å². The molecule has 0 spiro atoms. The molecule has 1 aliphatic carbocycles. The smallest absolute Gasteiger partial charge is 0.328 e. The van der Waals surface area contributed by atoms with Gasteiger partial charge in [-0.25, -0.2) is 4.79 Å². The van der Waals surface area contributed by atoms with Gasteiger partial charge >= 0.3 is 5.97 Å². The van der Waals surface area contributed by atoms with Crippen molar-refractivity contribution in [1.82, 2.24) is 0 Å². The van der Waals surface area contributed by atoms with Gasteiger partial charge in [0.1, 0.15) is 0 Å². The Bertz CT molecular complexity index is 490. The fraction of sp³-hybridized carbons (Fsp3) is 0.438. The normalized spacial score (nSPS) is 14.8. The number of aliphatic carboxylic acids is 1. The van der Waals surface area contributed by atoms with E-state index in [1.54, 1.807) is 6.08 Å². The van der Waals surface area contributed by atoms with E-state index >= 15 is 0 Å². The van der Waals surface area contributed by atoms with Crippen LogP contribution in [0.4, 0.5) is 5.69 Å². The molecule has 0 unspecified atom stereocenters. The van der Waals surface area contributed by atoms with Gasteiger partial charge in [-0.15, -0.1) is 0 Å². The zero-order valence-electron chi connectivity index (χ0n) is 11.6. The molecule has 1 N–H and O–H groups in total. The summed E-state index contributed by atoms with van der Waals surface area (Å²) < 4.78 is 0. The van der Waals surface area contributed by atoms with Crippen molar-refractivity contribution < 1.29 is 9.90 Å². The minimum Gasteiger partial charge on any atom is -0.478 e. The van der Waals surface area contributed by atoms with Gasteiger partial charge in [0.05, 0.1) is 0 Å². The first-order valence-electron chi connectivity index (χ1n) is 6.86. The molecule has 1 saturated carbocycles. The maximum absolute atomic E-state index is 10.5. The van der Waals surface area contributed by atoms with Crippen LogP contribution in [0.5, 0.6) is 0 Å². The van der Waals surface area contributed by atoms with Crippen LogP contribution in [0, 0.1) is 12.8 Å². The Kier molecular flexibility index (Phi) is 4.25. The molecule has 1 fully saturated rings. The van der Waals surface area contributed by atoms with Gasteiger partial charge in [-0.2, -0.15) is 0 Å². The number of rotatable bonds is 6. The highest BCUT2D eigenvalue weighted by Crippen LogP contribution is 2.32. The van der Waals surface area contributed by atoms with Crippen molar-refractivity contribution in [2.45, 2.75) is 26.7 Å². The molecular weight excluding hydrogens is 238 g/mol. The average molecular weight is 259 g/mol. The lowest BCUT2D eigenvalue weighted by Crippen LogP contribution is -2.25. The molecule has 19 heavy (non-hydrogen) atoms. The predicted molar refractivity (Wildman–Crippen MR) is 78.5 cm³/mol. The second-order valence-electron chi connectivity index (χ2n) is 5.20. The summed E-state index contributed by atoms with van der Waals surface area (Å²) in [6, 6.07) is 6.13. The molecule has 102 valence electrons. The fourth-order valence-electron chi connectivity index (χ4n) is 2.31. The van der Waals surface area contributed by atoms with Crippen molar-refractivity contribution >= 4 is 17.7 Å². The van der Waals surface area contributed by atoms with E-state index in [0.717, 1.165) is 24.6 Å².